The summed E-state index contributed by atoms with van der Waals surface area (Å²) in [5, 5.41) is 17.7. The van der Waals surface area contributed by atoms with E-state index in [2.05, 4.69) is 4.98 Å². The summed E-state index contributed by atoms with van der Waals surface area (Å²) < 4.78 is 6.64. The van der Waals surface area contributed by atoms with Crippen molar-refractivity contribution in [2.24, 2.45) is 0 Å². The molecule has 0 bridgehead atoms. The lowest BCUT2D eigenvalue weighted by molar-refractivity contribution is 0.0520. The Morgan fingerprint density at radius 1 is 1.23 bits per heavy atom. The molecule has 7 heteroatoms. The van der Waals surface area contributed by atoms with Gasteiger partial charge in [0.05, 0.1) is 12.1 Å². The van der Waals surface area contributed by atoms with E-state index < -0.39 is 5.97 Å². The third-order valence-electron chi connectivity index (χ3n) is 3.87. The van der Waals surface area contributed by atoms with Crippen molar-refractivity contribution in [3.05, 3.63) is 59.6 Å². The Bertz CT molecular complexity index is 1090. The van der Waals surface area contributed by atoms with Crippen LogP contribution >= 0.6 is 11.3 Å². The number of hydrogen-bond acceptors (Lipinski definition) is 6. The van der Waals surface area contributed by atoms with Gasteiger partial charge in [-0.15, -0.1) is 11.3 Å². The maximum Gasteiger partial charge on any atom is 0.357 e. The number of phenolic OH excluding ortho intramolecular Hbond substituents is 1. The number of aromatic nitrogens is 3. The van der Waals surface area contributed by atoms with Gasteiger partial charge in [-0.2, -0.15) is 5.10 Å². The first kappa shape index (κ1) is 16.3. The van der Waals surface area contributed by atoms with E-state index in [0.29, 0.717) is 17.3 Å². The fourth-order valence-corrected chi connectivity index (χ4v) is 3.47. The minimum absolute atomic E-state index is 0.139. The van der Waals surface area contributed by atoms with E-state index in [-0.39, 0.29) is 11.4 Å². The maximum atomic E-state index is 11.9. The van der Waals surface area contributed by atoms with Crippen LogP contribution in [0.25, 0.3) is 27.3 Å². The number of ether oxygens (including phenoxy) is 1. The van der Waals surface area contributed by atoms with Crippen LogP contribution in [0.4, 0.5) is 0 Å². The van der Waals surface area contributed by atoms with Crippen molar-refractivity contribution in [1.82, 2.24) is 14.8 Å². The van der Waals surface area contributed by atoms with Crippen LogP contribution in [0, 0.1) is 0 Å². The molecule has 0 spiro atoms. The predicted molar refractivity (Wildman–Crippen MR) is 99.8 cm³/mol. The van der Waals surface area contributed by atoms with Crippen LogP contribution in [-0.4, -0.2) is 32.4 Å². The van der Waals surface area contributed by atoms with Gasteiger partial charge in [0.25, 0.3) is 0 Å². The lowest BCUT2D eigenvalue weighted by atomic mass is 10.1. The molecule has 0 amide bonds. The largest absolute Gasteiger partial charge is 0.508 e. The molecule has 6 nitrogen and oxygen atoms in total. The molecule has 2 aromatic heterocycles. The fraction of sp³-hybridized carbons (Fsp3) is 0.105. The Morgan fingerprint density at radius 3 is 2.81 bits per heavy atom. The molecule has 0 unspecified atom stereocenters. The molecule has 0 saturated carbocycles. The summed E-state index contributed by atoms with van der Waals surface area (Å²) in [5.41, 5.74) is 2.71. The smallest absolute Gasteiger partial charge is 0.357 e. The number of benzene rings is 2. The quantitative estimate of drug-likeness (QED) is 0.553. The van der Waals surface area contributed by atoms with Crippen LogP contribution in [0.15, 0.2) is 53.9 Å². The van der Waals surface area contributed by atoms with Crippen molar-refractivity contribution in [2.75, 3.05) is 6.61 Å². The second kappa shape index (κ2) is 6.61. The Labute approximate surface area is 153 Å². The van der Waals surface area contributed by atoms with E-state index in [9.17, 15) is 9.90 Å². The topological polar surface area (TPSA) is 77.2 Å². The highest BCUT2D eigenvalue weighted by Gasteiger charge is 2.18. The molecule has 4 aromatic rings. The summed E-state index contributed by atoms with van der Waals surface area (Å²) in [6, 6.07) is 14.9. The van der Waals surface area contributed by atoms with Crippen LogP contribution in [0.5, 0.6) is 5.75 Å². The molecule has 0 atom stereocenters. The highest BCUT2D eigenvalue weighted by molar-refractivity contribution is 7.12. The summed E-state index contributed by atoms with van der Waals surface area (Å²) in [6.07, 6.45) is 0. The number of nitrogens with zero attached hydrogens (tertiary/aromatic N) is 3. The van der Waals surface area contributed by atoms with Gasteiger partial charge in [-0.25, -0.2) is 14.5 Å². The fourth-order valence-electron chi connectivity index (χ4n) is 2.72. The number of carbonyl (C=O) groups excluding carboxylic acids is 1. The molecule has 130 valence electrons. The van der Waals surface area contributed by atoms with Crippen molar-refractivity contribution in [3.63, 3.8) is 0 Å². The first-order valence-corrected chi connectivity index (χ1v) is 8.95. The molecule has 0 aliphatic rings. The molecule has 26 heavy (non-hydrogen) atoms. The lowest BCUT2D eigenvalue weighted by Crippen LogP contribution is -2.05. The molecule has 0 aliphatic carbocycles. The Kier molecular flexibility index (Phi) is 4.14. The molecule has 0 aliphatic heterocycles. The Balaban J connectivity index is 1.88. The third kappa shape index (κ3) is 2.82. The summed E-state index contributed by atoms with van der Waals surface area (Å²) in [5.74, 6) is -0.321. The second-order valence-corrected chi connectivity index (χ2v) is 6.40. The van der Waals surface area contributed by atoms with Crippen LogP contribution < -0.4 is 0 Å². The standard InChI is InChI=1S/C19H15N3O3S/c1-2-25-18(24)15-11-26-19(20-15)22-16-10-13(23)8-9-14(16)17(21-22)12-6-4-3-5-7-12/h3-11,23H,2H2,1H3. The van der Waals surface area contributed by atoms with Crippen molar-refractivity contribution < 1.29 is 14.6 Å². The lowest BCUT2D eigenvalue weighted by Gasteiger charge is -1.99. The zero-order valence-electron chi connectivity index (χ0n) is 13.9. The molecular formula is C19H15N3O3S. The minimum Gasteiger partial charge on any atom is -0.508 e. The average molecular weight is 365 g/mol. The van der Waals surface area contributed by atoms with Gasteiger partial charge >= 0.3 is 5.97 Å². The van der Waals surface area contributed by atoms with E-state index in [4.69, 9.17) is 9.84 Å². The van der Waals surface area contributed by atoms with Gasteiger partial charge in [0.15, 0.2) is 5.69 Å². The van der Waals surface area contributed by atoms with Crippen molar-refractivity contribution in [2.45, 2.75) is 6.92 Å². The van der Waals surface area contributed by atoms with Gasteiger partial charge in [0.2, 0.25) is 5.13 Å². The molecule has 0 fully saturated rings. The molecule has 0 saturated heterocycles. The Hall–Kier alpha value is -3.19. The normalized spacial score (nSPS) is 11.0. The summed E-state index contributed by atoms with van der Waals surface area (Å²) in [6.45, 7) is 2.05. The number of esters is 1. The second-order valence-electron chi connectivity index (χ2n) is 5.56. The maximum absolute atomic E-state index is 11.9. The number of carbonyl (C=O) groups is 1. The highest BCUT2D eigenvalue weighted by Crippen LogP contribution is 2.32. The van der Waals surface area contributed by atoms with Crippen molar-refractivity contribution >= 4 is 28.2 Å². The van der Waals surface area contributed by atoms with Gasteiger partial charge < -0.3 is 9.84 Å². The monoisotopic (exact) mass is 365 g/mol. The van der Waals surface area contributed by atoms with Crippen LogP contribution in [-0.2, 0) is 4.74 Å². The molecular weight excluding hydrogens is 350 g/mol. The van der Waals surface area contributed by atoms with Gasteiger partial charge in [0.1, 0.15) is 11.4 Å². The zero-order chi connectivity index (χ0) is 18.1. The number of phenols is 1. The van der Waals surface area contributed by atoms with Gasteiger partial charge in [-0.3, -0.25) is 0 Å². The number of rotatable bonds is 4. The SMILES string of the molecule is CCOC(=O)c1csc(-n2nc(-c3ccccc3)c3ccc(O)cc32)n1. The minimum atomic E-state index is -0.461. The van der Waals surface area contributed by atoms with Crippen LogP contribution in [0.1, 0.15) is 17.4 Å². The van der Waals surface area contributed by atoms with Crippen molar-refractivity contribution in [3.8, 4) is 22.1 Å². The molecule has 0 radical (unpaired) electrons. The summed E-state index contributed by atoms with van der Waals surface area (Å²) in [7, 11) is 0. The number of hydrogen-bond donors (Lipinski definition) is 1. The molecule has 2 aromatic carbocycles. The number of thiazole rings is 1. The van der Waals surface area contributed by atoms with Crippen LogP contribution in [0.3, 0.4) is 0 Å². The van der Waals surface area contributed by atoms with E-state index in [1.165, 1.54) is 11.3 Å². The van der Waals surface area contributed by atoms with E-state index in [0.717, 1.165) is 16.6 Å². The third-order valence-corrected chi connectivity index (χ3v) is 4.69. The summed E-state index contributed by atoms with van der Waals surface area (Å²) >= 11 is 1.29. The number of aromatic hydroxyl groups is 1. The zero-order valence-corrected chi connectivity index (χ0v) is 14.7. The van der Waals surface area contributed by atoms with Crippen molar-refractivity contribution in [1.29, 1.82) is 0 Å². The highest BCUT2D eigenvalue weighted by atomic mass is 32.1. The van der Waals surface area contributed by atoms with E-state index >= 15 is 0 Å². The van der Waals surface area contributed by atoms with E-state index in [1.807, 2.05) is 36.4 Å². The molecule has 4 rings (SSSR count). The van der Waals surface area contributed by atoms with Gasteiger partial charge in [-0.1, -0.05) is 30.3 Å². The first-order chi connectivity index (χ1) is 12.7. The predicted octanol–water partition coefficient (Wildman–Crippen LogP) is 4.03. The number of fused-ring (bicyclic) bond motifs is 1. The van der Waals surface area contributed by atoms with Gasteiger partial charge in [0, 0.05) is 22.4 Å². The average Bonchev–Trinajstić information content (AvgIpc) is 3.27. The first-order valence-electron chi connectivity index (χ1n) is 8.07. The summed E-state index contributed by atoms with van der Waals surface area (Å²) in [4.78, 5) is 16.2. The van der Waals surface area contributed by atoms with Crippen LogP contribution in [0.2, 0.25) is 0 Å². The van der Waals surface area contributed by atoms with Gasteiger partial charge in [-0.05, 0) is 19.1 Å². The van der Waals surface area contributed by atoms with E-state index in [1.54, 1.807) is 29.1 Å². The molecule has 2 heterocycles. The Morgan fingerprint density at radius 2 is 2.04 bits per heavy atom. The molecule has 1 N–H and O–H groups in total.